The summed E-state index contributed by atoms with van der Waals surface area (Å²) in [5.74, 6) is -0.134. The van der Waals surface area contributed by atoms with Gasteiger partial charge in [0, 0.05) is 48.7 Å². The normalized spacial score (nSPS) is 17.7. The molecule has 1 aliphatic heterocycles. The Morgan fingerprint density at radius 2 is 1.74 bits per heavy atom. The molecule has 146 valence electrons. The number of anilines is 1. The van der Waals surface area contributed by atoms with Crippen LogP contribution in [0.1, 0.15) is 31.7 Å². The second-order valence-electron chi connectivity index (χ2n) is 7.41. The lowest BCUT2D eigenvalue weighted by molar-refractivity contribution is -0.125. The molecule has 6 heteroatoms. The largest absolute Gasteiger partial charge is 0.369 e. The van der Waals surface area contributed by atoms with Crippen LogP contribution in [0.4, 0.5) is 10.1 Å². The highest BCUT2D eigenvalue weighted by molar-refractivity contribution is 7.10. The van der Waals surface area contributed by atoms with Gasteiger partial charge in [0.05, 0.1) is 6.04 Å². The van der Waals surface area contributed by atoms with E-state index in [4.69, 9.17) is 0 Å². The number of piperazine rings is 1. The van der Waals surface area contributed by atoms with Gasteiger partial charge in [0.1, 0.15) is 5.82 Å². The monoisotopic (exact) mass is 389 g/mol. The van der Waals surface area contributed by atoms with Crippen molar-refractivity contribution in [2.45, 2.75) is 32.9 Å². The highest BCUT2D eigenvalue weighted by atomic mass is 32.1. The summed E-state index contributed by atoms with van der Waals surface area (Å²) in [6.07, 6.45) is 0. The van der Waals surface area contributed by atoms with Gasteiger partial charge in [0.15, 0.2) is 0 Å². The van der Waals surface area contributed by atoms with Gasteiger partial charge in [0.25, 0.3) is 0 Å². The molecule has 3 rings (SSSR count). The highest BCUT2D eigenvalue weighted by Gasteiger charge is 2.31. The van der Waals surface area contributed by atoms with E-state index in [0.29, 0.717) is 0 Å². The molecule has 1 amide bonds. The third-order valence-corrected chi connectivity index (χ3v) is 6.04. The van der Waals surface area contributed by atoms with Crippen LogP contribution in [0.2, 0.25) is 0 Å². The van der Waals surface area contributed by atoms with Gasteiger partial charge < -0.3 is 10.2 Å². The van der Waals surface area contributed by atoms with Crippen molar-refractivity contribution in [1.29, 1.82) is 0 Å². The first-order chi connectivity index (χ1) is 13.0. The van der Waals surface area contributed by atoms with Crippen LogP contribution in [0.5, 0.6) is 0 Å². The molecule has 0 spiro atoms. The number of thiophene rings is 1. The van der Waals surface area contributed by atoms with Crippen LogP contribution < -0.4 is 10.2 Å². The van der Waals surface area contributed by atoms with Crippen molar-refractivity contribution in [3.63, 3.8) is 0 Å². The molecule has 0 aliphatic carbocycles. The van der Waals surface area contributed by atoms with Crippen molar-refractivity contribution in [1.82, 2.24) is 10.2 Å². The van der Waals surface area contributed by atoms with Gasteiger partial charge in [-0.3, -0.25) is 9.69 Å². The maximum absolute atomic E-state index is 13.2. The zero-order chi connectivity index (χ0) is 19.4. The Bertz CT molecular complexity index is 724. The molecular formula is C21H28FN3OS. The van der Waals surface area contributed by atoms with Crippen LogP contribution in [-0.2, 0) is 4.79 Å². The lowest BCUT2D eigenvalue weighted by Crippen LogP contribution is -2.52. The summed E-state index contributed by atoms with van der Waals surface area (Å²) < 4.78 is 13.2. The molecular weight excluding hydrogens is 361 g/mol. The number of nitrogens with one attached hydrogen (secondary N) is 1. The average molecular weight is 390 g/mol. The summed E-state index contributed by atoms with van der Waals surface area (Å²) in [4.78, 5) is 18.2. The van der Waals surface area contributed by atoms with Gasteiger partial charge >= 0.3 is 0 Å². The Labute approximate surface area is 165 Å². The first-order valence-electron chi connectivity index (χ1n) is 9.54. The molecule has 2 heterocycles. The number of hydrogen-bond donors (Lipinski definition) is 1. The Hall–Kier alpha value is -1.92. The first-order valence-corrected chi connectivity index (χ1v) is 10.4. The lowest BCUT2D eigenvalue weighted by atomic mass is 10.0. The fourth-order valence-corrected chi connectivity index (χ4v) is 4.55. The number of rotatable bonds is 6. The van der Waals surface area contributed by atoms with Gasteiger partial charge in [0.2, 0.25) is 5.91 Å². The smallest absolute Gasteiger partial charge is 0.222 e. The van der Waals surface area contributed by atoms with Crippen molar-refractivity contribution in [2.75, 3.05) is 31.1 Å². The Kier molecular flexibility index (Phi) is 6.50. The average Bonchev–Trinajstić information content (AvgIpc) is 3.17. The number of nitrogens with zero attached hydrogens (tertiary/aromatic N) is 2. The van der Waals surface area contributed by atoms with Gasteiger partial charge in [-0.15, -0.1) is 11.3 Å². The minimum Gasteiger partial charge on any atom is -0.369 e. The van der Waals surface area contributed by atoms with Crippen molar-refractivity contribution in [3.8, 4) is 0 Å². The van der Waals surface area contributed by atoms with Crippen LogP contribution in [-0.4, -0.2) is 43.0 Å². The molecule has 1 aromatic carbocycles. The number of carbonyl (C=O) groups excluding carboxylic acids is 1. The molecule has 2 aromatic rings. The lowest BCUT2D eigenvalue weighted by Gasteiger charge is -2.42. The molecule has 1 saturated heterocycles. The topological polar surface area (TPSA) is 35.6 Å². The fraction of sp³-hybridized carbons (Fsp3) is 0.476. The number of hydrogen-bond acceptors (Lipinski definition) is 4. The van der Waals surface area contributed by atoms with Crippen LogP contribution in [0.15, 0.2) is 41.8 Å². The standard InChI is InChI=1S/C21H28FN3OS/c1-15(2)21(26)23-16(3)20(19-5-4-14-27-19)25-12-10-24(11-13-25)18-8-6-17(22)7-9-18/h4-9,14-16,20H,10-13H2,1-3H3,(H,23,26). The Balaban J connectivity index is 1.69. The third-order valence-electron chi connectivity index (χ3n) is 5.10. The number of amides is 1. The quantitative estimate of drug-likeness (QED) is 0.814. The number of halogens is 1. The summed E-state index contributed by atoms with van der Waals surface area (Å²) in [6, 6.07) is 11.1. The SMILES string of the molecule is CC(C)C(=O)NC(C)C(c1cccs1)N1CCN(c2ccc(F)cc2)CC1. The van der Waals surface area contributed by atoms with E-state index < -0.39 is 0 Å². The zero-order valence-electron chi connectivity index (χ0n) is 16.2. The van der Waals surface area contributed by atoms with Gasteiger partial charge in [-0.1, -0.05) is 19.9 Å². The van der Waals surface area contributed by atoms with Gasteiger partial charge in [-0.2, -0.15) is 0 Å². The number of benzene rings is 1. The maximum Gasteiger partial charge on any atom is 0.222 e. The molecule has 2 unspecified atom stereocenters. The van der Waals surface area contributed by atoms with E-state index in [1.54, 1.807) is 11.3 Å². The molecule has 1 fully saturated rings. The first kappa shape index (κ1) is 19.8. The minimum absolute atomic E-state index is 0.0215. The van der Waals surface area contributed by atoms with Gasteiger partial charge in [-0.25, -0.2) is 4.39 Å². The summed E-state index contributed by atoms with van der Waals surface area (Å²) in [7, 11) is 0. The maximum atomic E-state index is 13.2. The van der Waals surface area contributed by atoms with Crippen molar-refractivity contribution < 1.29 is 9.18 Å². The van der Waals surface area contributed by atoms with E-state index in [1.807, 2.05) is 26.0 Å². The summed E-state index contributed by atoms with van der Waals surface area (Å²) >= 11 is 1.74. The molecule has 27 heavy (non-hydrogen) atoms. The van der Waals surface area contributed by atoms with Crippen LogP contribution in [0, 0.1) is 11.7 Å². The second-order valence-corrected chi connectivity index (χ2v) is 8.39. The van der Waals surface area contributed by atoms with Crippen molar-refractivity contribution in [3.05, 3.63) is 52.5 Å². The Morgan fingerprint density at radius 1 is 1.07 bits per heavy atom. The van der Waals surface area contributed by atoms with Crippen LogP contribution in [0.3, 0.4) is 0 Å². The molecule has 1 aromatic heterocycles. The molecule has 1 N–H and O–H groups in total. The summed E-state index contributed by atoms with van der Waals surface area (Å²) in [5, 5.41) is 5.28. The van der Waals surface area contributed by atoms with Gasteiger partial charge in [-0.05, 0) is 42.6 Å². The molecule has 0 bridgehead atoms. The fourth-order valence-electron chi connectivity index (χ4n) is 3.58. The molecule has 0 saturated carbocycles. The van der Waals surface area contributed by atoms with Crippen LogP contribution >= 0.6 is 11.3 Å². The molecule has 1 aliphatic rings. The second kappa shape index (κ2) is 8.85. The van der Waals surface area contributed by atoms with E-state index in [1.165, 1.54) is 17.0 Å². The van der Waals surface area contributed by atoms with Crippen molar-refractivity contribution in [2.24, 2.45) is 5.92 Å². The number of carbonyl (C=O) groups is 1. The van der Waals surface area contributed by atoms with Crippen LogP contribution in [0.25, 0.3) is 0 Å². The van der Waals surface area contributed by atoms with E-state index in [9.17, 15) is 9.18 Å². The summed E-state index contributed by atoms with van der Waals surface area (Å²) in [5.41, 5.74) is 1.06. The van der Waals surface area contributed by atoms with E-state index in [2.05, 4.69) is 39.6 Å². The molecule has 2 atom stereocenters. The predicted octanol–water partition coefficient (Wildman–Crippen LogP) is 3.91. The zero-order valence-corrected chi connectivity index (χ0v) is 17.0. The Morgan fingerprint density at radius 3 is 2.30 bits per heavy atom. The van der Waals surface area contributed by atoms with E-state index in [0.717, 1.165) is 31.9 Å². The van der Waals surface area contributed by atoms with Crippen molar-refractivity contribution >= 4 is 22.9 Å². The molecule has 0 radical (unpaired) electrons. The van der Waals surface area contributed by atoms with E-state index in [-0.39, 0.29) is 29.7 Å². The minimum atomic E-state index is -0.204. The summed E-state index contributed by atoms with van der Waals surface area (Å²) in [6.45, 7) is 9.52. The molecule has 4 nitrogen and oxygen atoms in total. The predicted molar refractivity (Wildman–Crippen MR) is 110 cm³/mol. The third kappa shape index (κ3) is 4.87. The van der Waals surface area contributed by atoms with E-state index >= 15 is 0 Å². The highest BCUT2D eigenvalue weighted by Crippen LogP contribution is 2.30.